The lowest BCUT2D eigenvalue weighted by atomic mass is 10.2. The van der Waals surface area contributed by atoms with Gasteiger partial charge in [0.05, 0.1) is 6.54 Å². The predicted octanol–water partition coefficient (Wildman–Crippen LogP) is 0.817. The Bertz CT molecular complexity index is 954. The molecule has 1 amide bonds. The van der Waals surface area contributed by atoms with Crippen molar-refractivity contribution in [1.82, 2.24) is 20.4 Å². The topological polar surface area (TPSA) is 114 Å². The summed E-state index contributed by atoms with van der Waals surface area (Å²) in [5.74, 6) is -0.437. The van der Waals surface area contributed by atoms with Gasteiger partial charge in [-0.05, 0) is 28.0 Å². The molecule has 2 N–H and O–H groups in total. The first-order chi connectivity index (χ1) is 11.6. The van der Waals surface area contributed by atoms with Crippen molar-refractivity contribution in [3.05, 3.63) is 54.1 Å². The Morgan fingerprint density at radius 2 is 1.83 bits per heavy atom. The van der Waals surface area contributed by atoms with E-state index in [4.69, 9.17) is 0 Å². The molecule has 0 unspecified atom stereocenters. The van der Waals surface area contributed by atoms with E-state index < -0.39 is 15.9 Å². The molecular formula is C15H14N4O4S. The van der Waals surface area contributed by atoms with Crippen LogP contribution >= 0.6 is 0 Å². The number of carbonyl (C=O) groups excluding carboxylic acids is 1. The lowest BCUT2D eigenvalue weighted by Crippen LogP contribution is -2.36. The van der Waals surface area contributed by atoms with Crippen LogP contribution in [0.15, 0.2) is 58.1 Å². The van der Waals surface area contributed by atoms with Crippen molar-refractivity contribution in [2.24, 2.45) is 0 Å². The fraction of sp³-hybridized carbons (Fsp3) is 0.133. The molecular weight excluding hydrogens is 332 g/mol. The molecule has 24 heavy (non-hydrogen) atoms. The number of amides is 1. The summed E-state index contributed by atoms with van der Waals surface area (Å²) >= 11 is 0. The van der Waals surface area contributed by atoms with Crippen molar-refractivity contribution in [2.75, 3.05) is 6.54 Å². The maximum absolute atomic E-state index is 12.3. The van der Waals surface area contributed by atoms with Crippen LogP contribution in [0.4, 0.5) is 0 Å². The molecule has 0 aliphatic heterocycles. The SMILES string of the molecule is O=C(CNS(=O)(=O)c1cccc2nonc12)NCc1ccccc1. The first-order valence-corrected chi connectivity index (χ1v) is 8.56. The van der Waals surface area contributed by atoms with Crippen molar-refractivity contribution in [1.29, 1.82) is 0 Å². The van der Waals surface area contributed by atoms with Crippen LogP contribution in [0.5, 0.6) is 0 Å². The van der Waals surface area contributed by atoms with Gasteiger partial charge in [0.25, 0.3) is 0 Å². The van der Waals surface area contributed by atoms with Gasteiger partial charge < -0.3 is 5.32 Å². The molecule has 3 rings (SSSR count). The second kappa shape index (κ2) is 6.77. The van der Waals surface area contributed by atoms with Gasteiger partial charge in [0.15, 0.2) is 5.52 Å². The van der Waals surface area contributed by atoms with E-state index in [1.165, 1.54) is 12.1 Å². The Balaban J connectivity index is 1.63. The molecule has 0 aliphatic carbocycles. The second-order valence-corrected chi connectivity index (χ2v) is 6.71. The van der Waals surface area contributed by atoms with Crippen LogP contribution in [0.2, 0.25) is 0 Å². The number of rotatable bonds is 6. The van der Waals surface area contributed by atoms with Crippen LogP contribution < -0.4 is 10.0 Å². The van der Waals surface area contributed by atoms with Gasteiger partial charge in [-0.1, -0.05) is 36.4 Å². The summed E-state index contributed by atoms with van der Waals surface area (Å²) < 4.78 is 31.4. The summed E-state index contributed by atoms with van der Waals surface area (Å²) in [5.41, 5.74) is 1.37. The molecule has 0 saturated heterocycles. The van der Waals surface area contributed by atoms with Crippen LogP contribution in [0.3, 0.4) is 0 Å². The minimum absolute atomic E-state index is 0.0860. The zero-order chi connectivity index (χ0) is 17.0. The predicted molar refractivity (Wildman–Crippen MR) is 85.3 cm³/mol. The van der Waals surface area contributed by atoms with E-state index in [2.05, 4.69) is 25.0 Å². The van der Waals surface area contributed by atoms with Crippen LogP contribution in [0.25, 0.3) is 11.0 Å². The van der Waals surface area contributed by atoms with Gasteiger partial charge in [-0.15, -0.1) is 0 Å². The van der Waals surface area contributed by atoms with E-state index in [9.17, 15) is 13.2 Å². The zero-order valence-electron chi connectivity index (χ0n) is 12.5. The molecule has 0 aliphatic rings. The summed E-state index contributed by atoms with van der Waals surface area (Å²) in [6.07, 6.45) is 0. The van der Waals surface area contributed by atoms with Gasteiger partial charge in [-0.25, -0.2) is 17.8 Å². The molecule has 0 saturated carbocycles. The molecule has 0 fully saturated rings. The summed E-state index contributed by atoms with van der Waals surface area (Å²) in [6, 6.07) is 13.8. The molecule has 9 heteroatoms. The smallest absolute Gasteiger partial charge is 0.243 e. The van der Waals surface area contributed by atoms with Crippen LogP contribution in [-0.4, -0.2) is 31.2 Å². The van der Waals surface area contributed by atoms with Crippen molar-refractivity contribution < 1.29 is 17.8 Å². The standard InChI is InChI=1S/C15H14N4O4S/c20-14(16-9-11-5-2-1-3-6-11)10-17-24(21,22)13-8-4-7-12-15(13)19-23-18-12/h1-8,17H,9-10H2,(H,16,20). The third-order valence-corrected chi connectivity index (χ3v) is 4.73. The number of carbonyl (C=O) groups is 1. The third-order valence-electron chi connectivity index (χ3n) is 3.29. The first kappa shape index (κ1) is 16.1. The Morgan fingerprint density at radius 1 is 1.04 bits per heavy atom. The summed E-state index contributed by atoms with van der Waals surface area (Å²) in [4.78, 5) is 11.7. The van der Waals surface area contributed by atoms with Gasteiger partial charge >= 0.3 is 0 Å². The van der Waals surface area contributed by atoms with Gasteiger partial charge in [0.2, 0.25) is 15.9 Å². The number of nitrogens with one attached hydrogen (secondary N) is 2. The van der Waals surface area contributed by atoms with E-state index in [0.29, 0.717) is 12.1 Å². The normalized spacial score (nSPS) is 11.5. The van der Waals surface area contributed by atoms with E-state index in [-0.39, 0.29) is 17.0 Å². The molecule has 0 bridgehead atoms. The van der Waals surface area contributed by atoms with Crippen molar-refractivity contribution >= 4 is 27.0 Å². The zero-order valence-corrected chi connectivity index (χ0v) is 13.3. The van der Waals surface area contributed by atoms with Crippen LogP contribution in [0, 0.1) is 0 Å². The highest BCUT2D eigenvalue weighted by Gasteiger charge is 2.20. The largest absolute Gasteiger partial charge is 0.351 e. The highest BCUT2D eigenvalue weighted by atomic mass is 32.2. The molecule has 0 atom stereocenters. The highest BCUT2D eigenvalue weighted by molar-refractivity contribution is 7.89. The van der Waals surface area contributed by atoms with E-state index >= 15 is 0 Å². The number of nitrogens with zero attached hydrogens (tertiary/aromatic N) is 2. The molecule has 1 aromatic heterocycles. The molecule has 2 aromatic carbocycles. The fourth-order valence-corrected chi connectivity index (χ4v) is 3.23. The van der Waals surface area contributed by atoms with E-state index in [1.807, 2.05) is 30.3 Å². The number of sulfonamides is 1. The summed E-state index contributed by atoms with van der Waals surface area (Å²) in [6.45, 7) is -0.0545. The van der Waals surface area contributed by atoms with Crippen LogP contribution in [0.1, 0.15) is 5.56 Å². The fourth-order valence-electron chi connectivity index (χ4n) is 2.10. The average molecular weight is 346 g/mol. The molecule has 3 aromatic rings. The maximum atomic E-state index is 12.3. The third kappa shape index (κ3) is 3.58. The lowest BCUT2D eigenvalue weighted by molar-refractivity contribution is -0.120. The Morgan fingerprint density at radius 3 is 2.62 bits per heavy atom. The van der Waals surface area contributed by atoms with Crippen molar-refractivity contribution in [3.8, 4) is 0 Å². The van der Waals surface area contributed by atoms with Gasteiger partial charge in [0, 0.05) is 6.54 Å². The quantitative estimate of drug-likeness (QED) is 0.683. The number of hydrogen-bond donors (Lipinski definition) is 2. The van der Waals surface area contributed by atoms with Crippen LogP contribution in [-0.2, 0) is 21.4 Å². The van der Waals surface area contributed by atoms with E-state index in [1.54, 1.807) is 6.07 Å². The molecule has 1 heterocycles. The van der Waals surface area contributed by atoms with Crippen molar-refractivity contribution in [3.63, 3.8) is 0 Å². The molecule has 0 spiro atoms. The lowest BCUT2D eigenvalue weighted by Gasteiger charge is -2.08. The Hall–Kier alpha value is -2.78. The molecule has 124 valence electrons. The minimum Gasteiger partial charge on any atom is -0.351 e. The van der Waals surface area contributed by atoms with Crippen molar-refractivity contribution in [2.45, 2.75) is 11.4 Å². The highest BCUT2D eigenvalue weighted by Crippen LogP contribution is 2.19. The Labute approximate surface area is 137 Å². The monoisotopic (exact) mass is 346 g/mol. The summed E-state index contributed by atoms with van der Waals surface area (Å²) in [5, 5.41) is 9.82. The molecule has 0 radical (unpaired) electrons. The van der Waals surface area contributed by atoms with Gasteiger partial charge in [0.1, 0.15) is 10.4 Å². The maximum Gasteiger partial charge on any atom is 0.243 e. The minimum atomic E-state index is -3.91. The van der Waals surface area contributed by atoms with Gasteiger partial charge in [-0.2, -0.15) is 0 Å². The van der Waals surface area contributed by atoms with E-state index in [0.717, 1.165) is 5.56 Å². The number of benzene rings is 2. The number of fused-ring (bicyclic) bond motifs is 1. The second-order valence-electron chi connectivity index (χ2n) is 4.97. The van der Waals surface area contributed by atoms with Gasteiger partial charge in [-0.3, -0.25) is 4.79 Å². The Kier molecular flexibility index (Phi) is 4.54. The average Bonchev–Trinajstić information content (AvgIpc) is 3.07. The number of aromatic nitrogens is 2. The summed E-state index contributed by atoms with van der Waals surface area (Å²) in [7, 11) is -3.91. The molecule has 8 nitrogen and oxygen atoms in total. The first-order valence-electron chi connectivity index (χ1n) is 7.08. The number of hydrogen-bond acceptors (Lipinski definition) is 6.